The number of phenolic OH excluding ortho intramolecular Hbond substituents is 1. The van der Waals surface area contributed by atoms with Crippen LogP contribution in [-0.4, -0.2) is 22.3 Å². The first-order valence-corrected chi connectivity index (χ1v) is 9.28. The molecule has 2 aromatic rings. The van der Waals surface area contributed by atoms with Crippen molar-refractivity contribution in [1.29, 1.82) is 0 Å². The van der Waals surface area contributed by atoms with Crippen LogP contribution in [0.2, 0.25) is 0 Å². The first-order valence-electron chi connectivity index (χ1n) is 8.20. The predicted octanol–water partition coefficient (Wildman–Crippen LogP) is 4.87. The van der Waals surface area contributed by atoms with Crippen LogP contribution in [0.1, 0.15) is 24.2 Å². The summed E-state index contributed by atoms with van der Waals surface area (Å²) in [5.74, 6) is -1.61. The Bertz CT molecular complexity index is 848. The molecular weight excluding hydrogens is 461 g/mol. The molecule has 2 rings (SSSR count). The van der Waals surface area contributed by atoms with Gasteiger partial charge in [-0.25, -0.2) is 9.59 Å². The normalized spacial score (nSPS) is 13.1. The van der Waals surface area contributed by atoms with Gasteiger partial charge in [-0.15, -0.1) is 0 Å². The van der Waals surface area contributed by atoms with Crippen LogP contribution in [0.15, 0.2) is 54.6 Å². The molecule has 0 spiro atoms. The van der Waals surface area contributed by atoms with Crippen LogP contribution in [0.3, 0.4) is 0 Å². The number of aryl methyl sites for hydroxylation is 1. The Morgan fingerprint density at radius 1 is 1.19 bits per heavy atom. The van der Waals surface area contributed by atoms with Gasteiger partial charge in [0.2, 0.25) is 0 Å². The van der Waals surface area contributed by atoms with Gasteiger partial charge >= 0.3 is 12.1 Å². The van der Waals surface area contributed by atoms with E-state index in [9.17, 15) is 14.7 Å². The van der Waals surface area contributed by atoms with E-state index in [1.165, 1.54) is 12.1 Å². The number of carbonyl (C=O) groups is 2. The molecule has 0 unspecified atom stereocenters. The molecule has 0 radical (unpaired) electrons. The van der Waals surface area contributed by atoms with E-state index in [1.54, 1.807) is 31.2 Å². The first kappa shape index (κ1) is 20.8. The highest BCUT2D eigenvalue weighted by Crippen LogP contribution is 2.34. The Hall–Kier alpha value is -2.55. The van der Waals surface area contributed by atoms with Crippen molar-refractivity contribution in [1.82, 2.24) is 0 Å². The van der Waals surface area contributed by atoms with Crippen molar-refractivity contribution in [2.75, 3.05) is 5.32 Å². The van der Waals surface area contributed by atoms with Crippen molar-refractivity contribution in [2.45, 2.75) is 20.0 Å². The molecule has 2 aromatic carbocycles. The zero-order valence-electron chi connectivity index (χ0n) is 14.8. The van der Waals surface area contributed by atoms with Gasteiger partial charge in [0.25, 0.3) is 0 Å². The van der Waals surface area contributed by atoms with Crippen molar-refractivity contribution in [2.24, 2.45) is 5.92 Å². The van der Waals surface area contributed by atoms with Crippen LogP contribution in [0.4, 0.5) is 10.5 Å². The van der Waals surface area contributed by atoms with E-state index in [4.69, 9.17) is 9.84 Å². The second-order valence-corrected chi connectivity index (χ2v) is 7.32. The average molecular weight is 481 g/mol. The number of aliphatic carboxylic acids is 1. The number of nitrogens with one attached hydrogen (secondary N) is 1. The Labute approximate surface area is 171 Å². The largest absolute Gasteiger partial charge is 0.508 e. The van der Waals surface area contributed by atoms with E-state index in [0.717, 1.165) is 15.2 Å². The number of carboxylic acids is 1. The fourth-order valence-electron chi connectivity index (χ4n) is 2.44. The Morgan fingerprint density at radius 3 is 2.48 bits per heavy atom. The molecule has 0 aromatic heterocycles. The molecule has 1 amide bonds. The fourth-order valence-corrected chi connectivity index (χ4v) is 2.96. The van der Waals surface area contributed by atoms with Gasteiger partial charge < -0.3 is 14.9 Å². The lowest BCUT2D eigenvalue weighted by molar-refractivity contribution is -0.131. The van der Waals surface area contributed by atoms with E-state index < -0.39 is 24.1 Å². The van der Waals surface area contributed by atoms with Crippen LogP contribution in [0.5, 0.6) is 5.75 Å². The summed E-state index contributed by atoms with van der Waals surface area (Å²) < 4.78 is 6.39. The number of benzene rings is 2. The third kappa shape index (κ3) is 6.28. The highest BCUT2D eigenvalue weighted by atomic mass is 127. The minimum absolute atomic E-state index is 0.0286. The number of rotatable bonds is 6. The van der Waals surface area contributed by atoms with Crippen LogP contribution >= 0.6 is 22.6 Å². The summed E-state index contributed by atoms with van der Waals surface area (Å²) in [6, 6.07) is 12.2. The number of amides is 1. The van der Waals surface area contributed by atoms with E-state index >= 15 is 0 Å². The van der Waals surface area contributed by atoms with Gasteiger partial charge in [0.05, 0.1) is 0 Å². The standard InChI is InChI=1S/C20H20INO5/c1-12-3-7-15(8-4-12)22-20(26)27-19(13(2)5-10-18(24)25)16-11-14(21)6-9-17(16)23/h3-11,13,19,23H,1-2H3,(H,22,26)(H,24,25)/b10-5+/t13-,19+/m1/s1. The summed E-state index contributed by atoms with van der Waals surface area (Å²) in [6.45, 7) is 3.65. The molecule has 0 saturated heterocycles. The van der Waals surface area contributed by atoms with Gasteiger partial charge in [-0.3, -0.25) is 5.32 Å². The number of phenols is 1. The molecular formula is C20H20INO5. The molecule has 0 heterocycles. The minimum Gasteiger partial charge on any atom is -0.508 e. The smallest absolute Gasteiger partial charge is 0.412 e. The van der Waals surface area contributed by atoms with Crippen LogP contribution < -0.4 is 5.32 Å². The maximum absolute atomic E-state index is 12.4. The first-order chi connectivity index (χ1) is 12.8. The molecule has 27 heavy (non-hydrogen) atoms. The van der Waals surface area contributed by atoms with E-state index in [1.807, 2.05) is 19.1 Å². The van der Waals surface area contributed by atoms with Crippen molar-refractivity contribution in [3.63, 3.8) is 0 Å². The summed E-state index contributed by atoms with van der Waals surface area (Å²) in [7, 11) is 0. The van der Waals surface area contributed by atoms with Gasteiger partial charge in [0.1, 0.15) is 11.9 Å². The maximum atomic E-state index is 12.4. The number of halogens is 1. The summed E-state index contributed by atoms with van der Waals surface area (Å²) >= 11 is 2.09. The zero-order chi connectivity index (χ0) is 20.0. The summed E-state index contributed by atoms with van der Waals surface area (Å²) in [5.41, 5.74) is 2.04. The number of carbonyl (C=O) groups excluding carboxylic acids is 1. The molecule has 0 aliphatic carbocycles. The zero-order valence-corrected chi connectivity index (χ0v) is 17.0. The minimum atomic E-state index is -1.10. The van der Waals surface area contributed by atoms with Gasteiger partial charge in [-0.05, 0) is 59.8 Å². The number of carboxylic acid groups (broad SMARTS) is 1. The molecule has 0 aliphatic heterocycles. The second kappa shape index (κ2) is 9.40. The van der Waals surface area contributed by atoms with Crippen LogP contribution in [-0.2, 0) is 9.53 Å². The lowest BCUT2D eigenvalue weighted by atomic mass is 9.96. The Kier molecular flexibility index (Phi) is 7.23. The monoisotopic (exact) mass is 481 g/mol. The SMILES string of the molecule is Cc1ccc(NC(=O)O[C@H](c2cc(I)ccc2O)[C@H](C)/C=C/C(=O)O)cc1. The van der Waals surface area contributed by atoms with Gasteiger partial charge in [-0.2, -0.15) is 0 Å². The number of hydrogen-bond acceptors (Lipinski definition) is 4. The highest BCUT2D eigenvalue weighted by molar-refractivity contribution is 14.1. The topological polar surface area (TPSA) is 95.9 Å². The number of hydrogen-bond donors (Lipinski definition) is 3. The Morgan fingerprint density at radius 2 is 1.85 bits per heavy atom. The summed E-state index contributed by atoms with van der Waals surface area (Å²) in [5, 5.41) is 21.7. The highest BCUT2D eigenvalue weighted by Gasteiger charge is 2.25. The van der Waals surface area contributed by atoms with Gasteiger partial charge in [0.15, 0.2) is 0 Å². The third-order valence-corrected chi connectivity index (χ3v) is 4.52. The Balaban J connectivity index is 2.25. The number of anilines is 1. The quantitative estimate of drug-likeness (QED) is 0.404. The fraction of sp³-hybridized carbons (Fsp3) is 0.200. The number of ether oxygens (including phenoxy) is 1. The molecule has 0 aliphatic rings. The molecule has 3 N–H and O–H groups in total. The average Bonchev–Trinajstić information content (AvgIpc) is 2.62. The summed E-state index contributed by atoms with van der Waals surface area (Å²) in [4.78, 5) is 23.2. The van der Waals surface area contributed by atoms with Crippen molar-refractivity contribution in [3.05, 3.63) is 69.3 Å². The van der Waals surface area contributed by atoms with Crippen molar-refractivity contribution < 1.29 is 24.5 Å². The summed E-state index contributed by atoms with van der Waals surface area (Å²) in [6.07, 6.45) is 0.855. The molecule has 7 heteroatoms. The lowest BCUT2D eigenvalue weighted by Crippen LogP contribution is -2.21. The number of aromatic hydroxyl groups is 1. The molecule has 2 atom stereocenters. The van der Waals surface area contributed by atoms with E-state index in [-0.39, 0.29) is 5.75 Å². The molecule has 6 nitrogen and oxygen atoms in total. The van der Waals surface area contributed by atoms with Crippen molar-refractivity contribution >= 4 is 40.3 Å². The van der Waals surface area contributed by atoms with Gasteiger partial charge in [-0.1, -0.05) is 30.7 Å². The van der Waals surface area contributed by atoms with Gasteiger partial charge in [0, 0.05) is 26.8 Å². The maximum Gasteiger partial charge on any atom is 0.412 e. The second-order valence-electron chi connectivity index (χ2n) is 6.08. The third-order valence-electron chi connectivity index (χ3n) is 3.85. The van der Waals surface area contributed by atoms with Crippen LogP contribution in [0.25, 0.3) is 0 Å². The molecule has 0 fully saturated rings. The van der Waals surface area contributed by atoms with E-state index in [2.05, 4.69) is 27.9 Å². The van der Waals surface area contributed by atoms with E-state index in [0.29, 0.717) is 11.3 Å². The van der Waals surface area contributed by atoms with Crippen LogP contribution in [0, 0.1) is 16.4 Å². The molecule has 0 saturated carbocycles. The molecule has 142 valence electrons. The van der Waals surface area contributed by atoms with Crippen molar-refractivity contribution in [3.8, 4) is 5.75 Å². The lowest BCUT2D eigenvalue weighted by Gasteiger charge is -2.23. The predicted molar refractivity (Wildman–Crippen MR) is 111 cm³/mol. The molecule has 0 bridgehead atoms.